The number of aryl methyl sites for hydroxylation is 2. The van der Waals surface area contributed by atoms with Crippen LogP contribution in [-0.4, -0.2) is 17.9 Å². The molecular weight excluding hydrogens is 320 g/mol. The van der Waals surface area contributed by atoms with E-state index in [1.807, 2.05) is 18.3 Å². The molecule has 3 nitrogen and oxygen atoms in total. The SMILES string of the molecule is CCc1ccccc1-n1c(C)cc(C=NCc2ccc(OC)cc2)c1C. The summed E-state index contributed by atoms with van der Waals surface area (Å²) >= 11 is 0. The predicted molar refractivity (Wildman–Crippen MR) is 109 cm³/mol. The van der Waals surface area contributed by atoms with Gasteiger partial charge in [-0.2, -0.15) is 0 Å². The second-order valence-corrected chi connectivity index (χ2v) is 6.46. The summed E-state index contributed by atoms with van der Waals surface area (Å²) in [5.74, 6) is 0.871. The van der Waals surface area contributed by atoms with Gasteiger partial charge in [0.05, 0.1) is 13.7 Å². The maximum atomic E-state index is 5.19. The van der Waals surface area contributed by atoms with Crippen LogP contribution in [0.1, 0.15) is 35.0 Å². The summed E-state index contributed by atoms with van der Waals surface area (Å²) in [6, 6.07) is 18.9. The van der Waals surface area contributed by atoms with Crippen LogP contribution in [0.2, 0.25) is 0 Å². The minimum Gasteiger partial charge on any atom is -0.497 e. The molecule has 0 aliphatic rings. The summed E-state index contributed by atoms with van der Waals surface area (Å²) in [4.78, 5) is 4.64. The second kappa shape index (κ2) is 8.05. The van der Waals surface area contributed by atoms with Gasteiger partial charge in [-0.15, -0.1) is 0 Å². The van der Waals surface area contributed by atoms with Crippen molar-refractivity contribution in [3.63, 3.8) is 0 Å². The number of aliphatic imine (C=N–C) groups is 1. The van der Waals surface area contributed by atoms with Crippen molar-refractivity contribution >= 4 is 6.21 Å². The van der Waals surface area contributed by atoms with E-state index in [2.05, 4.69) is 72.8 Å². The van der Waals surface area contributed by atoms with Crippen molar-refractivity contribution in [2.45, 2.75) is 33.7 Å². The molecule has 26 heavy (non-hydrogen) atoms. The van der Waals surface area contributed by atoms with Crippen LogP contribution in [0.5, 0.6) is 5.75 Å². The van der Waals surface area contributed by atoms with E-state index in [1.165, 1.54) is 33.8 Å². The molecule has 3 heteroatoms. The number of para-hydroxylation sites is 1. The molecule has 134 valence electrons. The minimum absolute atomic E-state index is 0.666. The Labute approximate surface area is 156 Å². The van der Waals surface area contributed by atoms with Gasteiger partial charge in [0, 0.05) is 28.9 Å². The first-order chi connectivity index (χ1) is 12.6. The average Bonchev–Trinajstić information content (AvgIpc) is 2.95. The highest BCUT2D eigenvalue weighted by atomic mass is 16.5. The number of methoxy groups -OCH3 is 1. The maximum absolute atomic E-state index is 5.19. The van der Waals surface area contributed by atoms with Crippen molar-refractivity contribution < 1.29 is 4.74 Å². The first kappa shape index (κ1) is 18.0. The Morgan fingerprint density at radius 3 is 2.46 bits per heavy atom. The van der Waals surface area contributed by atoms with E-state index in [4.69, 9.17) is 4.74 Å². The Balaban J connectivity index is 1.83. The van der Waals surface area contributed by atoms with Crippen molar-refractivity contribution in [3.05, 3.63) is 82.7 Å². The molecule has 3 aromatic rings. The molecule has 0 bridgehead atoms. The molecule has 0 saturated heterocycles. The highest BCUT2D eigenvalue weighted by Gasteiger charge is 2.11. The largest absolute Gasteiger partial charge is 0.497 e. The van der Waals surface area contributed by atoms with Crippen LogP contribution in [0.4, 0.5) is 0 Å². The maximum Gasteiger partial charge on any atom is 0.118 e. The van der Waals surface area contributed by atoms with Crippen molar-refractivity contribution in [2.24, 2.45) is 4.99 Å². The summed E-state index contributed by atoms with van der Waals surface area (Å²) in [5.41, 5.74) is 7.42. The van der Waals surface area contributed by atoms with Gasteiger partial charge in [0.2, 0.25) is 0 Å². The van der Waals surface area contributed by atoms with E-state index in [0.717, 1.165) is 12.2 Å². The molecule has 0 spiro atoms. The quantitative estimate of drug-likeness (QED) is 0.557. The lowest BCUT2D eigenvalue weighted by atomic mass is 10.1. The highest BCUT2D eigenvalue weighted by Crippen LogP contribution is 2.23. The molecule has 0 aliphatic heterocycles. The van der Waals surface area contributed by atoms with E-state index >= 15 is 0 Å². The Hall–Kier alpha value is -2.81. The Morgan fingerprint density at radius 2 is 1.77 bits per heavy atom. The van der Waals surface area contributed by atoms with Crippen LogP contribution < -0.4 is 4.74 Å². The van der Waals surface area contributed by atoms with Crippen molar-refractivity contribution in [2.75, 3.05) is 7.11 Å². The van der Waals surface area contributed by atoms with Crippen LogP contribution in [0.15, 0.2) is 59.6 Å². The molecule has 0 aliphatic carbocycles. The number of rotatable bonds is 6. The number of hydrogen-bond acceptors (Lipinski definition) is 2. The van der Waals surface area contributed by atoms with E-state index in [9.17, 15) is 0 Å². The molecule has 3 rings (SSSR count). The lowest BCUT2D eigenvalue weighted by Gasteiger charge is -2.13. The molecule has 0 N–H and O–H groups in total. The summed E-state index contributed by atoms with van der Waals surface area (Å²) in [5, 5.41) is 0. The Morgan fingerprint density at radius 1 is 1.04 bits per heavy atom. The van der Waals surface area contributed by atoms with Gasteiger partial charge in [0.25, 0.3) is 0 Å². The zero-order chi connectivity index (χ0) is 18.5. The summed E-state index contributed by atoms with van der Waals surface area (Å²) in [7, 11) is 1.68. The topological polar surface area (TPSA) is 26.5 Å². The van der Waals surface area contributed by atoms with Gasteiger partial charge in [-0.3, -0.25) is 4.99 Å². The minimum atomic E-state index is 0.666. The van der Waals surface area contributed by atoms with Gasteiger partial charge in [-0.25, -0.2) is 0 Å². The Bertz CT molecular complexity index is 904. The molecule has 1 heterocycles. The lowest BCUT2D eigenvalue weighted by Crippen LogP contribution is -2.03. The van der Waals surface area contributed by atoms with Gasteiger partial charge in [0.1, 0.15) is 5.75 Å². The zero-order valence-electron chi connectivity index (χ0n) is 16.0. The number of ether oxygens (including phenoxy) is 1. The molecule has 0 amide bonds. The smallest absolute Gasteiger partial charge is 0.118 e. The fourth-order valence-electron chi connectivity index (χ4n) is 3.30. The van der Waals surface area contributed by atoms with Crippen LogP contribution in [0.3, 0.4) is 0 Å². The fraction of sp³-hybridized carbons (Fsp3) is 0.261. The van der Waals surface area contributed by atoms with Crippen molar-refractivity contribution in [3.8, 4) is 11.4 Å². The monoisotopic (exact) mass is 346 g/mol. The van der Waals surface area contributed by atoms with Gasteiger partial charge >= 0.3 is 0 Å². The van der Waals surface area contributed by atoms with E-state index < -0.39 is 0 Å². The number of benzene rings is 2. The molecule has 0 saturated carbocycles. The number of nitrogens with zero attached hydrogens (tertiary/aromatic N) is 2. The zero-order valence-corrected chi connectivity index (χ0v) is 16.0. The summed E-state index contributed by atoms with van der Waals surface area (Å²) in [6.07, 6.45) is 3.01. The molecule has 0 radical (unpaired) electrons. The number of hydrogen-bond donors (Lipinski definition) is 0. The highest BCUT2D eigenvalue weighted by molar-refractivity contribution is 5.82. The van der Waals surface area contributed by atoms with Crippen LogP contribution >= 0.6 is 0 Å². The molecule has 0 fully saturated rings. The molecule has 1 aromatic heterocycles. The van der Waals surface area contributed by atoms with Gasteiger partial charge in [-0.1, -0.05) is 37.3 Å². The first-order valence-electron chi connectivity index (χ1n) is 9.04. The lowest BCUT2D eigenvalue weighted by molar-refractivity contribution is 0.414. The standard InChI is InChI=1S/C23H26N2O/c1-5-20-8-6-7-9-23(20)25-17(2)14-21(18(25)3)16-24-15-19-10-12-22(26-4)13-11-19/h6-14,16H,5,15H2,1-4H3. The summed E-state index contributed by atoms with van der Waals surface area (Å²) in [6.45, 7) is 7.18. The number of aromatic nitrogens is 1. The van der Waals surface area contributed by atoms with Gasteiger partial charge in [-0.05, 0) is 55.7 Å². The average molecular weight is 346 g/mol. The van der Waals surface area contributed by atoms with Crippen molar-refractivity contribution in [1.82, 2.24) is 4.57 Å². The Kier molecular flexibility index (Phi) is 5.57. The summed E-state index contributed by atoms with van der Waals surface area (Å²) < 4.78 is 7.52. The molecule has 0 atom stereocenters. The molecule has 0 unspecified atom stereocenters. The van der Waals surface area contributed by atoms with Crippen molar-refractivity contribution in [1.29, 1.82) is 0 Å². The molecular formula is C23H26N2O. The third-order valence-electron chi connectivity index (χ3n) is 4.75. The van der Waals surface area contributed by atoms with Crippen LogP contribution in [0, 0.1) is 13.8 Å². The van der Waals surface area contributed by atoms with E-state index in [-0.39, 0.29) is 0 Å². The normalized spacial score (nSPS) is 11.2. The third-order valence-corrected chi connectivity index (χ3v) is 4.75. The van der Waals surface area contributed by atoms with Crippen LogP contribution in [-0.2, 0) is 13.0 Å². The third kappa shape index (κ3) is 3.72. The van der Waals surface area contributed by atoms with Gasteiger partial charge in [0.15, 0.2) is 0 Å². The van der Waals surface area contributed by atoms with Crippen LogP contribution in [0.25, 0.3) is 5.69 Å². The fourth-order valence-corrected chi connectivity index (χ4v) is 3.30. The predicted octanol–water partition coefficient (Wildman–Crippen LogP) is 5.28. The molecule has 2 aromatic carbocycles. The van der Waals surface area contributed by atoms with E-state index in [1.54, 1.807) is 7.11 Å². The second-order valence-electron chi connectivity index (χ2n) is 6.46. The van der Waals surface area contributed by atoms with Gasteiger partial charge < -0.3 is 9.30 Å². The van der Waals surface area contributed by atoms with E-state index in [0.29, 0.717) is 6.54 Å². The first-order valence-corrected chi connectivity index (χ1v) is 9.04.